The third-order valence-corrected chi connectivity index (χ3v) is 5.82. The predicted octanol–water partition coefficient (Wildman–Crippen LogP) is 0.947. The van der Waals surface area contributed by atoms with E-state index >= 15 is 0 Å². The summed E-state index contributed by atoms with van der Waals surface area (Å²) in [4.78, 5) is 30.7. The summed E-state index contributed by atoms with van der Waals surface area (Å²) >= 11 is 0. The zero-order valence-corrected chi connectivity index (χ0v) is 17.7. The van der Waals surface area contributed by atoms with Crippen molar-refractivity contribution in [3.05, 3.63) is 0 Å². The number of rotatable bonds is 3. The maximum atomic E-state index is 10.2. The second-order valence-corrected chi connectivity index (χ2v) is 7.96. The Balaban J connectivity index is 0.000000384. The molecule has 0 aromatic rings. The third-order valence-electron chi connectivity index (χ3n) is 5.82. The molecule has 0 N–H and O–H groups in total. The topological polar surface area (TPSA) is 120 Å². The maximum Gasteiger partial charge on any atom is 3.00 e. The molecule has 0 aromatic carbocycles. The number of hydrogen-bond acceptors (Lipinski definition) is 6. The summed E-state index contributed by atoms with van der Waals surface area (Å²) < 4.78 is 0. The van der Waals surface area contributed by atoms with Crippen LogP contribution in [-0.4, -0.2) is 17.9 Å². The molecule has 0 aliphatic heterocycles. The van der Waals surface area contributed by atoms with Gasteiger partial charge in [-0.05, 0) is 56.3 Å². The first-order valence-electron chi connectivity index (χ1n) is 10.5. The fourth-order valence-corrected chi connectivity index (χ4v) is 4.01. The van der Waals surface area contributed by atoms with E-state index in [9.17, 15) is 29.7 Å². The molecule has 3 rings (SSSR count). The number of carboxylic acid groups (broad SMARTS) is 3. The molecule has 0 spiro atoms. The summed E-state index contributed by atoms with van der Waals surface area (Å²) in [6.07, 6.45) is 15.0. The maximum absolute atomic E-state index is 10.2. The Kier molecular flexibility index (Phi) is 15.2. The quantitative estimate of drug-likeness (QED) is 0.607. The van der Waals surface area contributed by atoms with E-state index in [1.807, 2.05) is 0 Å². The first-order valence-corrected chi connectivity index (χ1v) is 10.5. The third kappa shape index (κ3) is 11.7. The number of carbonyl (C=O) groups excluding carboxylic acids is 3. The molecule has 6 nitrogen and oxygen atoms in total. The monoisotopic (exact) mass is 437 g/mol. The zero-order valence-electron chi connectivity index (χ0n) is 16.6. The fraction of sp³-hybridized carbons (Fsp3) is 0.857. The Morgan fingerprint density at radius 1 is 0.429 bits per heavy atom. The number of carbonyl (C=O) groups is 3. The molecule has 7 heteroatoms. The van der Waals surface area contributed by atoms with Crippen molar-refractivity contribution < 1.29 is 46.8 Å². The Bertz CT molecular complexity index is 383. The van der Waals surface area contributed by atoms with Gasteiger partial charge in [0.15, 0.2) is 0 Å². The van der Waals surface area contributed by atoms with Crippen molar-refractivity contribution in [2.75, 3.05) is 0 Å². The smallest absolute Gasteiger partial charge is 0.550 e. The van der Waals surface area contributed by atoms with Crippen LogP contribution < -0.4 is 15.3 Å². The van der Waals surface area contributed by atoms with Gasteiger partial charge in [-0.25, -0.2) is 0 Å². The predicted molar refractivity (Wildman–Crippen MR) is 94.7 cm³/mol. The molecular weight excluding hydrogens is 404 g/mol. The molecule has 0 aromatic heterocycles. The van der Waals surface area contributed by atoms with Crippen LogP contribution >= 0.6 is 0 Å². The summed E-state index contributed by atoms with van der Waals surface area (Å²) in [6.45, 7) is 0. The van der Waals surface area contributed by atoms with Crippen LogP contribution in [0.3, 0.4) is 0 Å². The van der Waals surface area contributed by atoms with Gasteiger partial charge in [-0.1, -0.05) is 57.8 Å². The van der Waals surface area contributed by atoms with Crippen molar-refractivity contribution in [3.8, 4) is 0 Å². The van der Waals surface area contributed by atoms with Gasteiger partial charge in [0.05, 0.1) is 0 Å². The Morgan fingerprint density at radius 2 is 0.607 bits per heavy atom. The summed E-state index contributed by atoms with van der Waals surface area (Å²) in [5.41, 5.74) is 0. The van der Waals surface area contributed by atoms with E-state index in [0.717, 1.165) is 77.0 Å². The Morgan fingerprint density at radius 3 is 0.714 bits per heavy atom. The van der Waals surface area contributed by atoms with Crippen LogP contribution in [0.25, 0.3) is 0 Å². The van der Waals surface area contributed by atoms with E-state index in [-0.39, 0.29) is 34.8 Å². The van der Waals surface area contributed by atoms with E-state index in [0.29, 0.717) is 0 Å². The van der Waals surface area contributed by atoms with E-state index in [1.165, 1.54) is 19.3 Å². The van der Waals surface area contributed by atoms with Crippen molar-refractivity contribution in [1.82, 2.24) is 0 Å². The average Bonchev–Trinajstić information content (AvgIpc) is 2.71. The Hall–Kier alpha value is -1.07. The van der Waals surface area contributed by atoms with Crippen LogP contribution in [0.4, 0.5) is 0 Å². The largest absolute Gasteiger partial charge is 3.00 e. The van der Waals surface area contributed by atoms with Gasteiger partial charge in [-0.2, -0.15) is 0 Å². The minimum atomic E-state index is -0.852. The first kappa shape index (κ1) is 26.9. The van der Waals surface area contributed by atoms with Crippen molar-refractivity contribution >= 4 is 17.9 Å². The van der Waals surface area contributed by atoms with Gasteiger partial charge in [0, 0.05) is 17.9 Å². The SMILES string of the molecule is O=C([O-])C1CCCCC1.O=C([O-])C1CCCCC1.O=C([O-])C1CCCCC1.[Fe+3]. The second-order valence-electron chi connectivity index (χ2n) is 7.96. The van der Waals surface area contributed by atoms with Crippen molar-refractivity contribution in [1.29, 1.82) is 0 Å². The summed E-state index contributed by atoms with van der Waals surface area (Å²) in [5, 5.41) is 30.7. The number of hydrogen-bond donors (Lipinski definition) is 0. The molecule has 0 unspecified atom stereocenters. The van der Waals surface area contributed by atoms with Gasteiger partial charge in [-0.3, -0.25) is 0 Å². The average molecular weight is 437 g/mol. The van der Waals surface area contributed by atoms with Gasteiger partial charge < -0.3 is 29.7 Å². The van der Waals surface area contributed by atoms with E-state index in [1.54, 1.807) is 0 Å². The molecule has 3 aliphatic carbocycles. The molecule has 28 heavy (non-hydrogen) atoms. The van der Waals surface area contributed by atoms with E-state index < -0.39 is 17.9 Å². The molecular formula is C21H33FeO6. The molecule has 0 heterocycles. The van der Waals surface area contributed by atoms with Gasteiger partial charge in [0.1, 0.15) is 0 Å². The number of aliphatic carboxylic acids is 3. The van der Waals surface area contributed by atoms with E-state index in [2.05, 4.69) is 0 Å². The zero-order chi connectivity index (χ0) is 20.1. The summed E-state index contributed by atoms with van der Waals surface area (Å²) in [5.74, 6) is -2.98. The molecule has 3 aliphatic rings. The molecule has 0 atom stereocenters. The normalized spacial score (nSPS) is 21.0. The minimum absolute atomic E-state index is 0. The minimum Gasteiger partial charge on any atom is -0.550 e. The molecule has 0 saturated heterocycles. The summed E-state index contributed by atoms with van der Waals surface area (Å²) in [7, 11) is 0. The molecule has 3 saturated carbocycles. The molecule has 3 fully saturated rings. The van der Waals surface area contributed by atoms with Crippen molar-refractivity contribution in [2.24, 2.45) is 17.8 Å². The van der Waals surface area contributed by atoms with Gasteiger partial charge in [0.25, 0.3) is 0 Å². The van der Waals surface area contributed by atoms with E-state index in [4.69, 9.17) is 0 Å². The first-order chi connectivity index (χ1) is 12.9. The standard InChI is InChI=1S/3C7H12O2.Fe/c3*8-7(9)6-4-2-1-3-5-6;/h3*6H,1-5H2,(H,8,9);/q;;;+3/p-3. The van der Waals surface area contributed by atoms with Crippen LogP contribution in [-0.2, 0) is 31.5 Å². The van der Waals surface area contributed by atoms with Gasteiger partial charge >= 0.3 is 17.1 Å². The molecule has 0 bridgehead atoms. The van der Waals surface area contributed by atoms with Crippen LogP contribution in [0, 0.1) is 17.8 Å². The van der Waals surface area contributed by atoms with Crippen LogP contribution in [0.2, 0.25) is 0 Å². The molecule has 0 amide bonds. The van der Waals surface area contributed by atoms with Crippen LogP contribution in [0.5, 0.6) is 0 Å². The van der Waals surface area contributed by atoms with Crippen molar-refractivity contribution in [3.63, 3.8) is 0 Å². The number of carboxylic acids is 3. The molecule has 161 valence electrons. The second kappa shape index (κ2) is 15.8. The van der Waals surface area contributed by atoms with Gasteiger partial charge in [0.2, 0.25) is 0 Å². The van der Waals surface area contributed by atoms with Crippen molar-refractivity contribution in [2.45, 2.75) is 96.3 Å². The fourth-order valence-electron chi connectivity index (χ4n) is 4.01. The van der Waals surface area contributed by atoms with Crippen LogP contribution in [0.1, 0.15) is 96.3 Å². The summed E-state index contributed by atoms with van der Waals surface area (Å²) in [6, 6.07) is 0. The van der Waals surface area contributed by atoms with Gasteiger partial charge in [-0.15, -0.1) is 0 Å². The Labute approximate surface area is 178 Å². The van der Waals surface area contributed by atoms with Crippen LogP contribution in [0.15, 0.2) is 0 Å². The molecule has 1 radical (unpaired) electrons.